The molecule has 0 saturated carbocycles. The Hall–Kier alpha value is -2.88. The number of methoxy groups -OCH3 is 1. The normalized spacial score (nSPS) is 18.9. The number of benzene rings is 2. The summed E-state index contributed by atoms with van der Waals surface area (Å²) in [6.45, 7) is 1.96. The predicted octanol–water partition coefficient (Wildman–Crippen LogP) is 4.14. The van der Waals surface area contributed by atoms with Crippen LogP contribution in [0.25, 0.3) is 22.2 Å². The summed E-state index contributed by atoms with van der Waals surface area (Å²) in [6.07, 6.45) is 2.46. The number of para-hydroxylation sites is 1. The van der Waals surface area contributed by atoms with Gasteiger partial charge in [0.2, 0.25) is 0 Å². The topological polar surface area (TPSA) is 37.7 Å². The summed E-state index contributed by atoms with van der Waals surface area (Å²) in [7, 11) is 1.73. The average Bonchev–Trinajstić information content (AvgIpc) is 3.31. The molecular weight excluding hydrogens is 322 g/mol. The number of aromatic nitrogens is 1. The Morgan fingerprint density at radius 1 is 1.04 bits per heavy atom. The first-order valence-corrected chi connectivity index (χ1v) is 9.20. The van der Waals surface area contributed by atoms with Crippen LogP contribution in [0.3, 0.4) is 0 Å². The molecule has 1 saturated heterocycles. The summed E-state index contributed by atoms with van der Waals surface area (Å²) in [5, 5.41) is 1.11. The molecule has 1 aromatic heterocycles. The zero-order valence-electron chi connectivity index (χ0n) is 14.9. The molecule has 0 unspecified atom stereocenters. The average molecular weight is 343 g/mol. The summed E-state index contributed by atoms with van der Waals surface area (Å²) in [5.41, 5.74) is 4.01. The number of hydrogen-bond donors (Lipinski definition) is 0. The summed E-state index contributed by atoms with van der Waals surface area (Å²) in [4.78, 5) is 12.3. The van der Waals surface area contributed by atoms with Crippen molar-refractivity contribution in [3.8, 4) is 17.0 Å². The van der Waals surface area contributed by atoms with Crippen LogP contribution in [-0.4, -0.2) is 42.0 Å². The minimum absolute atomic E-state index is 0.543. The maximum absolute atomic E-state index is 5.93. The van der Waals surface area contributed by atoms with Crippen molar-refractivity contribution in [2.24, 2.45) is 4.99 Å². The third-order valence-corrected chi connectivity index (χ3v) is 5.42. The van der Waals surface area contributed by atoms with Crippen LogP contribution in [0.2, 0.25) is 0 Å². The summed E-state index contributed by atoms with van der Waals surface area (Å²) in [5.74, 6) is 1.89. The fourth-order valence-electron chi connectivity index (χ4n) is 4.22. The number of fused-ring (bicyclic) bond motifs is 2. The molecule has 0 radical (unpaired) electrons. The maximum Gasteiger partial charge on any atom is 0.156 e. The highest BCUT2D eigenvalue weighted by Crippen LogP contribution is 2.39. The monoisotopic (exact) mass is 343 g/mol. The van der Waals surface area contributed by atoms with Crippen molar-refractivity contribution in [1.82, 2.24) is 9.88 Å². The zero-order chi connectivity index (χ0) is 17.5. The van der Waals surface area contributed by atoms with Gasteiger partial charge in [-0.2, -0.15) is 0 Å². The molecule has 2 aliphatic rings. The Balaban J connectivity index is 1.81. The van der Waals surface area contributed by atoms with Crippen molar-refractivity contribution in [2.75, 3.05) is 20.2 Å². The van der Waals surface area contributed by atoms with E-state index in [2.05, 4.69) is 35.2 Å². The highest BCUT2D eigenvalue weighted by Gasteiger charge is 2.35. The van der Waals surface area contributed by atoms with E-state index in [-0.39, 0.29) is 0 Å². The highest BCUT2D eigenvalue weighted by molar-refractivity contribution is 6.13. The van der Waals surface area contributed by atoms with Gasteiger partial charge in [0.25, 0.3) is 0 Å². The summed E-state index contributed by atoms with van der Waals surface area (Å²) < 4.78 is 5.93. The Bertz CT molecular complexity index is 997. The van der Waals surface area contributed by atoms with Gasteiger partial charge in [0.1, 0.15) is 11.5 Å². The van der Waals surface area contributed by atoms with Crippen LogP contribution in [0, 0.1) is 0 Å². The Morgan fingerprint density at radius 3 is 2.69 bits per heavy atom. The van der Waals surface area contributed by atoms with Crippen LogP contribution in [0.15, 0.2) is 59.6 Å². The SMILES string of the molecule is COc1c(-c2ccccc2)nc2ccccc2c1C1=NC[C@@H]2CCCN12. The second-order valence-corrected chi connectivity index (χ2v) is 6.91. The van der Waals surface area contributed by atoms with Gasteiger partial charge in [-0.15, -0.1) is 0 Å². The van der Waals surface area contributed by atoms with Gasteiger partial charge in [-0.25, -0.2) is 4.98 Å². The molecular formula is C22H21N3O. The molecule has 3 aromatic rings. The van der Waals surface area contributed by atoms with Crippen molar-refractivity contribution in [3.05, 3.63) is 60.2 Å². The van der Waals surface area contributed by atoms with Crippen LogP contribution in [0.1, 0.15) is 18.4 Å². The van der Waals surface area contributed by atoms with Crippen LogP contribution in [-0.2, 0) is 0 Å². The lowest BCUT2D eigenvalue weighted by Crippen LogP contribution is -2.32. The van der Waals surface area contributed by atoms with E-state index in [1.807, 2.05) is 24.3 Å². The molecule has 4 heteroatoms. The minimum atomic E-state index is 0.543. The first kappa shape index (κ1) is 15.4. The molecule has 0 N–H and O–H groups in total. The molecule has 1 atom stereocenters. The van der Waals surface area contributed by atoms with Crippen LogP contribution in [0.5, 0.6) is 5.75 Å². The van der Waals surface area contributed by atoms with Crippen molar-refractivity contribution in [2.45, 2.75) is 18.9 Å². The van der Waals surface area contributed by atoms with Gasteiger partial charge in [-0.1, -0.05) is 48.5 Å². The first-order valence-electron chi connectivity index (χ1n) is 9.20. The molecule has 26 heavy (non-hydrogen) atoms. The van der Waals surface area contributed by atoms with Gasteiger partial charge in [0.05, 0.1) is 30.8 Å². The number of rotatable bonds is 3. The molecule has 3 heterocycles. The van der Waals surface area contributed by atoms with E-state index >= 15 is 0 Å². The van der Waals surface area contributed by atoms with Crippen molar-refractivity contribution in [3.63, 3.8) is 0 Å². The molecule has 0 aliphatic carbocycles. The lowest BCUT2D eigenvalue weighted by molar-refractivity contribution is 0.408. The molecule has 0 spiro atoms. The molecule has 2 aromatic carbocycles. The van der Waals surface area contributed by atoms with E-state index in [0.717, 1.165) is 52.4 Å². The molecule has 5 rings (SSSR count). The smallest absolute Gasteiger partial charge is 0.156 e. The number of pyridine rings is 1. The predicted molar refractivity (Wildman–Crippen MR) is 105 cm³/mol. The number of ether oxygens (including phenoxy) is 1. The van der Waals surface area contributed by atoms with E-state index in [0.29, 0.717) is 6.04 Å². The molecule has 130 valence electrons. The second-order valence-electron chi connectivity index (χ2n) is 6.91. The number of hydrogen-bond acceptors (Lipinski definition) is 4. The number of aliphatic imine (C=N–C) groups is 1. The minimum Gasteiger partial charge on any atom is -0.494 e. The lowest BCUT2D eigenvalue weighted by Gasteiger charge is -2.23. The van der Waals surface area contributed by atoms with Gasteiger partial charge in [-0.05, 0) is 18.9 Å². The number of amidine groups is 1. The van der Waals surface area contributed by atoms with Gasteiger partial charge >= 0.3 is 0 Å². The maximum atomic E-state index is 5.93. The Kier molecular flexibility index (Phi) is 3.63. The highest BCUT2D eigenvalue weighted by atomic mass is 16.5. The Morgan fingerprint density at radius 2 is 1.85 bits per heavy atom. The van der Waals surface area contributed by atoms with Gasteiger partial charge in [0, 0.05) is 17.5 Å². The van der Waals surface area contributed by atoms with Crippen molar-refractivity contribution < 1.29 is 4.74 Å². The van der Waals surface area contributed by atoms with Crippen LogP contribution < -0.4 is 4.74 Å². The molecule has 4 nitrogen and oxygen atoms in total. The first-order chi connectivity index (χ1) is 12.9. The second kappa shape index (κ2) is 6.13. The van der Waals surface area contributed by atoms with E-state index in [1.54, 1.807) is 7.11 Å². The molecule has 2 aliphatic heterocycles. The summed E-state index contributed by atoms with van der Waals surface area (Å²) >= 11 is 0. The van der Waals surface area contributed by atoms with E-state index in [9.17, 15) is 0 Å². The number of nitrogens with zero attached hydrogens (tertiary/aromatic N) is 3. The fourth-order valence-corrected chi connectivity index (χ4v) is 4.22. The van der Waals surface area contributed by atoms with Gasteiger partial charge < -0.3 is 9.64 Å². The Labute approximate surface area is 153 Å². The van der Waals surface area contributed by atoms with E-state index in [4.69, 9.17) is 14.7 Å². The van der Waals surface area contributed by atoms with Gasteiger partial charge in [-0.3, -0.25) is 4.99 Å². The fraction of sp³-hybridized carbons (Fsp3) is 0.273. The molecule has 0 amide bonds. The summed E-state index contributed by atoms with van der Waals surface area (Å²) in [6, 6.07) is 19.1. The lowest BCUT2D eigenvalue weighted by atomic mass is 10.0. The van der Waals surface area contributed by atoms with Crippen LogP contribution >= 0.6 is 0 Å². The van der Waals surface area contributed by atoms with E-state index < -0.39 is 0 Å². The van der Waals surface area contributed by atoms with E-state index in [1.165, 1.54) is 12.8 Å². The van der Waals surface area contributed by atoms with Gasteiger partial charge in [0.15, 0.2) is 5.75 Å². The third-order valence-electron chi connectivity index (χ3n) is 5.42. The zero-order valence-corrected chi connectivity index (χ0v) is 14.9. The van der Waals surface area contributed by atoms with Crippen molar-refractivity contribution in [1.29, 1.82) is 0 Å². The standard InChI is InChI=1S/C22H21N3O/c1-26-21-19(22-23-14-16-10-7-13-25(16)22)17-11-5-6-12-18(17)24-20(21)15-8-3-2-4-9-15/h2-6,8-9,11-12,16H,7,10,13-14H2,1H3/t16-/m0/s1. The van der Waals surface area contributed by atoms with Crippen LogP contribution in [0.4, 0.5) is 0 Å². The largest absolute Gasteiger partial charge is 0.494 e. The molecule has 0 bridgehead atoms. The quantitative estimate of drug-likeness (QED) is 0.717. The molecule has 1 fully saturated rings. The third kappa shape index (κ3) is 2.29. The van der Waals surface area contributed by atoms with Crippen molar-refractivity contribution >= 4 is 16.7 Å².